The summed E-state index contributed by atoms with van der Waals surface area (Å²) >= 11 is 0. The van der Waals surface area contributed by atoms with Gasteiger partial charge in [0.15, 0.2) is 0 Å². The van der Waals surface area contributed by atoms with Gasteiger partial charge in [0, 0.05) is 0 Å². The van der Waals surface area contributed by atoms with Gasteiger partial charge in [-0.05, 0) is 18.2 Å². The van der Waals surface area contributed by atoms with E-state index in [1.54, 1.807) is 18.2 Å². The molecule has 1 aliphatic heterocycles. The summed E-state index contributed by atoms with van der Waals surface area (Å²) in [7, 11) is -3.57. The van der Waals surface area contributed by atoms with E-state index in [-0.39, 0.29) is 4.90 Å². The van der Waals surface area contributed by atoms with Crippen molar-refractivity contribution in [2.24, 2.45) is 0 Å². The molecule has 0 spiro atoms. The largest absolute Gasteiger partial charge is 0.489 e. The molecular weight excluding hydrogens is 254 g/mol. The first-order valence-electron chi connectivity index (χ1n) is 5.46. The van der Waals surface area contributed by atoms with Gasteiger partial charge in [-0.15, -0.1) is 0 Å². The van der Waals surface area contributed by atoms with E-state index < -0.39 is 10.0 Å². The predicted octanol–water partition coefficient (Wildman–Crippen LogP) is 1.87. The third-order valence-electron chi connectivity index (χ3n) is 2.77. The first-order valence-corrected chi connectivity index (χ1v) is 6.90. The van der Waals surface area contributed by atoms with Gasteiger partial charge in [0.25, 0.3) is 10.0 Å². The highest BCUT2D eigenvalue weighted by molar-refractivity contribution is 7.92. The molecule has 0 unspecified atom stereocenters. The quantitative estimate of drug-likeness (QED) is 0.831. The van der Waals surface area contributed by atoms with Crippen molar-refractivity contribution >= 4 is 15.7 Å². The minimum absolute atomic E-state index is 0.152. The third-order valence-corrected chi connectivity index (χ3v) is 4.56. The van der Waals surface area contributed by atoms with Gasteiger partial charge >= 0.3 is 0 Å². The molecule has 0 saturated heterocycles. The van der Waals surface area contributed by atoms with Crippen molar-refractivity contribution < 1.29 is 17.6 Å². The molecular formula is C12H11NO4S. The van der Waals surface area contributed by atoms with Crippen LogP contribution in [0, 0.1) is 0 Å². The van der Waals surface area contributed by atoms with Crippen molar-refractivity contribution in [2.45, 2.75) is 4.90 Å². The lowest BCUT2D eigenvalue weighted by Crippen LogP contribution is -2.37. The van der Waals surface area contributed by atoms with Gasteiger partial charge in [-0.2, -0.15) is 0 Å². The van der Waals surface area contributed by atoms with Gasteiger partial charge < -0.3 is 9.15 Å². The van der Waals surface area contributed by atoms with E-state index in [0.29, 0.717) is 24.6 Å². The Morgan fingerprint density at radius 1 is 1.17 bits per heavy atom. The van der Waals surface area contributed by atoms with E-state index >= 15 is 0 Å². The Hall–Kier alpha value is -1.95. The monoisotopic (exact) mass is 265 g/mol. The number of furan rings is 1. The number of rotatable bonds is 2. The molecule has 0 fully saturated rings. The number of nitrogens with zero attached hydrogens (tertiary/aromatic N) is 1. The normalized spacial score (nSPS) is 15.0. The molecule has 1 aromatic carbocycles. The van der Waals surface area contributed by atoms with Crippen LogP contribution >= 0.6 is 0 Å². The van der Waals surface area contributed by atoms with Gasteiger partial charge in [0.1, 0.15) is 23.5 Å². The van der Waals surface area contributed by atoms with Crippen LogP contribution in [-0.4, -0.2) is 21.6 Å². The van der Waals surface area contributed by atoms with Crippen LogP contribution in [0.2, 0.25) is 0 Å². The first-order chi connectivity index (χ1) is 8.69. The molecule has 0 N–H and O–H groups in total. The van der Waals surface area contributed by atoms with E-state index in [1.165, 1.54) is 22.9 Å². The van der Waals surface area contributed by atoms with Crippen molar-refractivity contribution in [1.29, 1.82) is 0 Å². The van der Waals surface area contributed by atoms with E-state index in [1.807, 2.05) is 6.07 Å². The second kappa shape index (κ2) is 4.06. The van der Waals surface area contributed by atoms with Crippen LogP contribution in [0.1, 0.15) is 0 Å². The molecule has 3 rings (SSSR count). The van der Waals surface area contributed by atoms with Crippen molar-refractivity contribution in [2.75, 3.05) is 17.5 Å². The molecule has 2 heterocycles. The number of sulfonamides is 1. The van der Waals surface area contributed by atoms with Crippen molar-refractivity contribution in [3.05, 3.63) is 42.9 Å². The Morgan fingerprint density at radius 2 is 2.00 bits per heavy atom. The fourth-order valence-corrected chi connectivity index (χ4v) is 3.30. The Bertz CT molecular complexity index is 648. The summed E-state index contributed by atoms with van der Waals surface area (Å²) in [5.41, 5.74) is 0.560. The van der Waals surface area contributed by atoms with Crippen molar-refractivity contribution in [1.82, 2.24) is 0 Å². The maximum atomic E-state index is 12.4. The molecule has 94 valence electrons. The second-order valence-electron chi connectivity index (χ2n) is 3.85. The van der Waals surface area contributed by atoms with Crippen LogP contribution in [0.4, 0.5) is 5.69 Å². The maximum Gasteiger partial charge on any atom is 0.267 e. The average molecular weight is 265 g/mol. The standard InChI is InChI=1S/C12H11NO4S/c14-18(15,10-5-7-16-9-10)13-6-8-17-12-4-2-1-3-11(12)13/h1-5,7,9H,6,8H2. The van der Waals surface area contributed by atoms with Crippen molar-refractivity contribution in [3.63, 3.8) is 0 Å². The fraction of sp³-hybridized carbons (Fsp3) is 0.167. The lowest BCUT2D eigenvalue weighted by Gasteiger charge is -2.29. The number of hydrogen-bond acceptors (Lipinski definition) is 4. The minimum Gasteiger partial charge on any atom is -0.489 e. The lowest BCUT2D eigenvalue weighted by molar-refractivity contribution is 0.316. The molecule has 1 aliphatic rings. The summed E-state index contributed by atoms with van der Waals surface area (Å²) in [5, 5.41) is 0. The van der Waals surface area contributed by atoms with Crippen LogP contribution in [0.25, 0.3) is 0 Å². The number of fused-ring (bicyclic) bond motifs is 1. The summed E-state index contributed by atoms with van der Waals surface area (Å²) in [6.45, 7) is 0.638. The highest BCUT2D eigenvalue weighted by Gasteiger charge is 2.30. The zero-order valence-corrected chi connectivity index (χ0v) is 10.3. The average Bonchev–Trinajstić information content (AvgIpc) is 2.92. The maximum absolute atomic E-state index is 12.4. The molecule has 2 aromatic rings. The number of benzene rings is 1. The molecule has 18 heavy (non-hydrogen) atoms. The number of anilines is 1. The predicted molar refractivity (Wildman–Crippen MR) is 65.2 cm³/mol. The number of para-hydroxylation sites is 2. The zero-order chi connectivity index (χ0) is 12.6. The van der Waals surface area contributed by atoms with E-state index in [2.05, 4.69) is 0 Å². The highest BCUT2D eigenvalue weighted by Crippen LogP contribution is 2.34. The summed E-state index contributed by atoms with van der Waals surface area (Å²) in [5.74, 6) is 0.579. The SMILES string of the molecule is O=S(=O)(c1ccoc1)N1CCOc2ccccc21. The highest BCUT2D eigenvalue weighted by atomic mass is 32.2. The van der Waals surface area contributed by atoms with E-state index in [4.69, 9.17) is 9.15 Å². The van der Waals surface area contributed by atoms with Crippen LogP contribution in [-0.2, 0) is 10.0 Å². The van der Waals surface area contributed by atoms with Crippen LogP contribution < -0.4 is 9.04 Å². The van der Waals surface area contributed by atoms with E-state index in [0.717, 1.165) is 0 Å². The molecule has 6 heteroatoms. The van der Waals surface area contributed by atoms with Gasteiger partial charge in [0.2, 0.25) is 0 Å². The summed E-state index contributed by atoms with van der Waals surface area (Å²) < 4.78 is 36.5. The summed E-state index contributed by atoms with van der Waals surface area (Å²) in [6, 6.07) is 8.52. The van der Waals surface area contributed by atoms with Gasteiger partial charge in [0.05, 0.1) is 18.5 Å². The molecule has 0 amide bonds. The van der Waals surface area contributed by atoms with Crippen LogP contribution in [0.3, 0.4) is 0 Å². The Morgan fingerprint density at radius 3 is 2.78 bits per heavy atom. The Labute approximate surface area is 105 Å². The van der Waals surface area contributed by atoms with Crippen molar-refractivity contribution in [3.8, 4) is 5.75 Å². The molecule has 5 nitrogen and oxygen atoms in total. The topological polar surface area (TPSA) is 59.8 Å². The Balaban J connectivity index is 2.10. The van der Waals surface area contributed by atoms with Gasteiger partial charge in [-0.1, -0.05) is 12.1 Å². The number of ether oxygens (including phenoxy) is 1. The third kappa shape index (κ3) is 1.65. The second-order valence-corrected chi connectivity index (χ2v) is 5.71. The smallest absolute Gasteiger partial charge is 0.267 e. The van der Waals surface area contributed by atoms with Gasteiger partial charge in [-0.25, -0.2) is 8.42 Å². The summed E-state index contributed by atoms with van der Waals surface area (Å²) in [4.78, 5) is 0.152. The minimum atomic E-state index is -3.57. The molecule has 0 radical (unpaired) electrons. The van der Waals surface area contributed by atoms with Crippen LogP contribution in [0.15, 0.2) is 52.2 Å². The Kier molecular flexibility index (Phi) is 2.52. The van der Waals surface area contributed by atoms with Gasteiger partial charge in [-0.3, -0.25) is 4.31 Å². The van der Waals surface area contributed by atoms with E-state index in [9.17, 15) is 8.42 Å². The molecule has 0 saturated carbocycles. The summed E-state index contributed by atoms with van der Waals surface area (Å²) in [6.07, 6.45) is 2.58. The molecule has 0 bridgehead atoms. The molecule has 1 aromatic heterocycles. The lowest BCUT2D eigenvalue weighted by atomic mass is 10.2. The number of hydrogen-bond donors (Lipinski definition) is 0. The molecule has 0 aliphatic carbocycles. The zero-order valence-electron chi connectivity index (χ0n) is 9.44. The van der Waals surface area contributed by atoms with Crippen LogP contribution in [0.5, 0.6) is 5.75 Å². The first kappa shape index (κ1) is 11.2. The fourth-order valence-electron chi connectivity index (χ4n) is 1.92. The molecule has 0 atom stereocenters.